The van der Waals surface area contributed by atoms with Crippen molar-refractivity contribution in [2.45, 2.75) is 72.3 Å². The molecule has 0 unspecified atom stereocenters. The van der Waals surface area contributed by atoms with Gasteiger partial charge in [0.25, 0.3) is 0 Å². The number of ketones is 1. The Morgan fingerprint density at radius 1 is 1.23 bits per heavy atom. The zero-order chi connectivity index (χ0) is 16.3. The first-order valence-corrected chi connectivity index (χ1v) is 8.98. The lowest BCUT2D eigenvalue weighted by Gasteiger charge is -2.61. The Labute approximate surface area is 135 Å². The molecule has 2 nitrogen and oxygen atoms in total. The standard InChI is InChI=1S/C20H32O2/c1-6-19(4)12-13-14(10-17(19)22)20(5)9-7-8-18(2,3)16(20)11-15(13)21/h6,13-14,16-17,22H,1,7-12H2,2-5H3/t13-,14-,16-,17+,19+,20+/m0/s1. The third-order valence-electron chi connectivity index (χ3n) is 7.79. The number of carbonyl (C=O) groups excluding carboxylic acids is 1. The number of carbonyl (C=O) groups is 1. The van der Waals surface area contributed by atoms with Gasteiger partial charge in [0.2, 0.25) is 0 Å². The number of fused-ring (bicyclic) bond motifs is 3. The number of hydrogen-bond acceptors (Lipinski definition) is 2. The summed E-state index contributed by atoms with van der Waals surface area (Å²) < 4.78 is 0. The minimum absolute atomic E-state index is 0.126. The summed E-state index contributed by atoms with van der Waals surface area (Å²) >= 11 is 0. The third kappa shape index (κ3) is 2.13. The average molecular weight is 304 g/mol. The maximum atomic E-state index is 12.9. The van der Waals surface area contributed by atoms with Gasteiger partial charge in [0.15, 0.2) is 0 Å². The maximum Gasteiger partial charge on any atom is 0.136 e. The monoisotopic (exact) mass is 304 g/mol. The van der Waals surface area contributed by atoms with Crippen molar-refractivity contribution in [3.8, 4) is 0 Å². The Balaban J connectivity index is 1.98. The van der Waals surface area contributed by atoms with Crippen molar-refractivity contribution in [1.82, 2.24) is 0 Å². The van der Waals surface area contributed by atoms with Crippen LogP contribution in [0.25, 0.3) is 0 Å². The lowest BCUT2D eigenvalue weighted by Crippen LogP contribution is -2.59. The van der Waals surface area contributed by atoms with Gasteiger partial charge in [-0.1, -0.05) is 40.2 Å². The summed E-state index contributed by atoms with van der Waals surface area (Å²) in [6.45, 7) is 13.1. The summed E-state index contributed by atoms with van der Waals surface area (Å²) in [7, 11) is 0. The van der Waals surface area contributed by atoms with Crippen molar-refractivity contribution in [3.05, 3.63) is 12.7 Å². The smallest absolute Gasteiger partial charge is 0.136 e. The van der Waals surface area contributed by atoms with E-state index in [0.29, 0.717) is 17.6 Å². The van der Waals surface area contributed by atoms with Gasteiger partial charge >= 0.3 is 0 Å². The molecule has 3 rings (SSSR count). The molecule has 0 aromatic heterocycles. The first-order chi connectivity index (χ1) is 10.1. The molecule has 3 aliphatic rings. The number of hydrogen-bond donors (Lipinski definition) is 1. The zero-order valence-electron chi connectivity index (χ0n) is 14.7. The molecule has 6 atom stereocenters. The molecular weight excluding hydrogens is 272 g/mol. The lowest BCUT2D eigenvalue weighted by atomic mass is 9.43. The van der Waals surface area contributed by atoms with Gasteiger partial charge in [-0.05, 0) is 48.3 Å². The van der Waals surface area contributed by atoms with E-state index in [1.165, 1.54) is 19.3 Å². The van der Waals surface area contributed by atoms with Crippen LogP contribution in [0.1, 0.15) is 66.2 Å². The van der Waals surface area contributed by atoms with E-state index in [1.54, 1.807) is 0 Å². The molecule has 0 heterocycles. The van der Waals surface area contributed by atoms with Crippen LogP contribution in [0.2, 0.25) is 0 Å². The molecule has 0 aromatic carbocycles. The van der Waals surface area contributed by atoms with Gasteiger partial charge in [-0.2, -0.15) is 0 Å². The van der Waals surface area contributed by atoms with E-state index in [4.69, 9.17) is 0 Å². The normalized spacial score (nSPS) is 50.9. The van der Waals surface area contributed by atoms with E-state index >= 15 is 0 Å². The molecule has 3 fully saturated rings. The molecular formula is C20H32O2. The van der Waals surface area contributed by atoms with Crippen LogP contribution >= 0.6 is 0 Å². The largest absolute Gasteiger partial charge is 0.392 e. The van der Waals surface area contributed by atoms with Gasteiger partial charge in [-0.3, -0.25) is 4.79 Å². The van der Waals surface area contributed by atoms with Gasteiger partial charge in [-0.25, -0.2) is 0 Å². The Morgan fingerprint density at radius 2 is 1.91 bits per heavy atom. The van der Waals surface area contributed by atoms with E-state index in [1.807, 2.05) is 6.08 Å². The molecule has 0 radical (unpaired) electrons. The molecule has 0 spiro atoms. The highest BCUT2D eigenvalue weighted by atomic mass is 16.3. The number of aliphatic hydroxyl groups excluding tert-OH is 1. The predicted molar refractivity (Wildman–Crippen MR) is 89.4 cm³/mol. The lowest BCUT2D eigenvalue weighted by molar-refractivity contribution is -0.166. The summed E-state index contributed by atoms with van der Waals surface area (Å²) in [4.78, 5) is 12.9. The Kier molecular flexibility index (Phi) is 3.64. The maximum absolute atomic E-state index is 12.9. The summed E-state index contributed by atoms with van der Waals surface area (Å²) in [5.41, 5.74) is 0.159. The molecule has 124 valence electrons. The molecule has 2 heteroatoms. The van der Waals surface area contributed by atoms with Gasteiger partial charge < -0.3 is 5.11 Å². The van der Waals surface area contributed by atoms with Crippen LogP contribution in [0.3, 0.4) is 0 Å². The summed E-state index contributed by atoms with van der Waals surface area (Å²) in [5, 5.41) is 10.7. The van der Waals surface area contributed by atoms with Crippen molar-refractivity contribution in [3.63, 3.8) is 0 Å². The van der Waals surface area contributed by atoms with Gasteiger partial charge in [-0.15, -0.1) is 6.58 Å². The number of aliphatic hydroxyl groups is 1. The van der Waals surface area contributed by atoms with Crippen molar-refractivity contribution in [1.29, 1.82) is 0 Å². The van der Waals surface area contributed by atoms with Crippen molar-refractivity contribution < 1.29 is 9.90 Å². The average Bonchev–Trinajstić information content (AvgIpc) is 2.44. The van der Waals surface area contributed by atoms with Crippen LogP contribution in [0.4, 0.5) is 0 Å². The molecule has 3 aliphatic carbocycles. The van der Waals surface area contributed by atoms with Crippen LogP contribution in [0.5, 0.6) is 0 Å². The molecule has 0 aliphatic heterocycles. The van der Waals surface area contributed by atoms with Crippen LogP contribution in [0.15, 0.2) is 12.7 Å². The second-order valence-electron chi connectivity index (χ2n) is 9.45. The van der Waals surface area contributed by atoms with E-state index in [0.717, 1.165) is 19.3 Å². The van der Waals surface area contributed by atoms with Crippen LogP contribution in [-0.2, 0) is 4.79 Å². The second kappa shape index (κ2) is 4.93. The van der Waals surface area contributed by atoms with E-state index in [9.17, 15) is 9.90 Å². The predicted octanol–water partition coefficient (Wildman–Crippen LogP) is 4.37. The van der Waals surface area contributed by atoms with Gasteiger partial charge in [0, 0.05) is 17.8 Å². The molecule has 3 saturated carbocycles. The first-order valence-electron chi connectivity index (χ1n) is 8.98. The first kappa shape index (κ1) is 16.2. The van der Waals surface area contributed by atoms with Gasteiger partial charge in [0.05, 0.1) is 6.10 Å². The van der Waals surface area contributed by atoms with Crippen molar-refractivity contribution in [2.24, 2.45) is 34.0 Å². The minimum atomic E-state index is -0.361. The molecule has 0 amide bonds. The molecule has 0 aromatic rings. The highest BCUT2D eigenvalue weighted by Crippen LogP contribution is 2.64. The number of Topliss-reactive ketones (excluding diaryl/α,β-unsaturated/α-hetero) is 1. The summed E-state index contributed by atoms with van der Waals surface area (Å²) in [5.74, 6) is 1.40. The van der Waals surface area contributed by atoms with Crippen molar-refractivity contribution >= 4 is 5.78 Å². The molecule has 22 heavy (non-hydrogen) atoms. The quantitative estimate of drug-likeness (QED) is 0.730. The Morgan fingerprint density at radius 3 is 2.55 bits per heavy atom. The number of rotatable bonds is 1. The highest BCUT2D eigenvalue weighted by molar-refractivity contribution is 5.83. The fourth-order valence-corrected chi connectivity index (χ4v) is 6.18. The molecule has 1 N–H and O–H groups in total. The topological polar surface area (TPSA) is 37.3 Å². The van der Waals surface area contributed by atoms with E-state index < -0.39 is 0 Å². The SMILES string of the molecule is C=C[C@]1(C)C[C@@H]2C(=O)C[C@H]3C(C)(C)CCC[C@]3(C)[C@H]2C[C@H]1O. The molecule has 0 bridgehead atoms. The fourth-order valence-electron chi connectivity index (χ4n) is 6.18. The van der Waals surface area contributed by atoms with Gasteiger partial charge in [0.1, 0.15) is 5.78 Å². The summed E-state index contributed by atoms with van der Waals surface area (Å²) in [6.07, 6.45) is 7.50. The third-order valence-corrected chi connectivity index (χ3v) is 7.79. The highest BCUT2D eigenvalue weighted by Gasteiger charge is 2.60. The molecule has 0 saturated heterocycles. The Bertz CT molecular complexity index is 494. The van der Waals surface area contributed by atoms with E-state index in [2.05, 4.69) is 34.3 Å². The second-order valence-corrected chi connectivity index (χ2v) is 9.45. The summed E-state index contributed by atoms with van der Waals surface area (Å²) in [6, 6.07) is 0. The van der Waals surface area contributed by atoms with Crippen LogP contribution in [-0.4, -0.2) is 17.0 Å². The van der Waals surface area contributed by atoms with Crippen LogP contribution < -0.4 is 0 Å². The van der Waals surface area contributed by atoms with Crippen LogP contribution in [0, 0.1) is 34.0 Å². The Hall–Kier alpha value is -0.630. The fraction of sp³-hybridized carbons (Fsp3) is 0.850. The van der Waals surface area contributed by atoms with E-state index in [-0.39, 0.29) is 28.3 Å². The van der Waals surface area contributed by atoms with Crippen molar-refractivity contribution in [2.75, 3.05) is 0 Å². The zero-order valence-corrected chi connectivity index (χ0v) is 14.7. The minimum Gasteiger partial charge on any atom is -0.392 e.